The van der Waals surface area contributed by atoms with Gasteiger partial charge in [0.25, 0.3) is 5.91 Å². The molecule has 5 nitrogen and oxygen atoms in total. The van der Waals surface area contributed by atoms with Crippen LogP contribution < -0.4 is 16.0 Å². The summed E-state index contributed by atoms with van der Waals surface area (Å²) < 4.78 is 0. The van der Waals surface area contributed by atoms with Gasteiger partial charge in [0.2, 0.25) is 5.91 Å². The van der Waals surface area contributed by atoms with E-state index >= 15 is 0 Å². The SMILES string of the molecule is CCCCCCCCCCCCCCCCNC(=O)CNc1cccc(C(=O)NCc2ccccc2)c1. The first kappa shape index (κ1) is 30.4. The van der Waals surface area contributed by atoms with Crippen LogP contribution in [0.15, 0.2) is 54.6 Å². The quantitative estimate of drug-likeness (QED) is 0.152. The van der Waals surface area contributed by atoms with E-state index in [2.05, 4.69) is 22.9 Å². The number of anilines is 1. The highest BCUT2D eigenvalue weighted by molar-refractivity contribution is 5.95. The Morgan fingerprint density at radius 1 is 0.649 bits per heavy atom. The van der Waals surface area contributed by atoms with Gasteiger partial charge < -0.3 is 16.0 Å². The molecule has 0 saturated heterocycles. The van der Waals surface area contributed by atoms with Gasteiger partial charge in [0.05, 0.1) is 6.54 Å². The molecule has 2 aromatic rings. The summed E-state index contributed by atoms with van der Waals surface area (Å²) in [6, 6.07) is 17.1. The summed E-state index contributed by atoms with van der Waals surface area (Å²) in [7, 11) is 0. The highest BCUT2D eigenvalue weighted by Gasteiger charge is 2.07. The minimum atomic E-state index is -0.130. The minimum Gasteiger partial charge on any atom is -0.376 e. The Morgan fingerprint density at radius 2 is 1.24 bits per heavy atom. The third kappa shape index (κ3) is 15.1. The molecule has 0 radical (unpaired) electrons. The molecule has 0 aliphatic carbocycles. The van der Waals surface area contributed by atoms with Crippen molar-refractivity contribution in [3.63, 3.8) is 0 Å². The maximum atomic E-state index is 12.5. The Balaban J connectivity index is 1.45. The second kappa shape index (κ2) is 20.3. The summed E-state index contributed by atoms with van der Waals surface area (Å²) in [5.41, 5.74) is 2.39. The van der Waals surface area contributed by atoms with E-state index in [9.17, 15) is 9.59 Å². The van der Waals surface area contributed by atoms with E-state index < -0.39 is 0 Å². The van der Waals surface area contributed by atoms with Crippen LogP contribution >= 0.6 is 0 Å². The van der Waals surface area contributed by atoms with Gasteiger partial charge in [0.1, 0.15) is 0 Å². The van der Waals surface area contributed by atoms with Crippen molar-refractivity contribution in [3.05, 3.63) is 65.7 Å². The Morgan fingerprint density at radius 3 is 1.86 bits per heavy atom. The van der Waals surface area contributed by atoms with Crippen LogP contribution in [-0.4, -0.2) is 24.9 Å². The lowest BCUT2D eigenvalue weighted by molar-refractivity contribution is -0.119. The Bertz CT molecular complexity index is 869. The number of nitrogens with one attached hydrogen (secondary N) is 3. The van der Waals surface area contributed by atoms with Crippen molar-refractivity contribution in [2.75, 3.05) is 18.4 Å². The predicted molar refractivity (Wildman–Crippen MR) is 156 cm³/mol. The molecule has 204 valence electrons. The van der Waals surface area contributed by atoms with E-state index in [1.165, 1.54) is 83.5 Å². The molecular formula is C32H49N3O2. The van der Waals surface area contributed by atoms with Crippen LogP contribution in [0.5, 0.6) is 0 Å². The van der Waals surface area contributed by atoms with Gasteiger partial charge in [-0.15, -0.1) is 0 Å². The molecule has 0 aliphatic rings. The summed E-state index contributed by atoms with van der Waals surface area (Å²) >= 11 is 0. The van der Waals surface area contributed by atoms with Gasteiger partial charge >= 0.3 is 0 Å². The van der Waals surface area contributed by atoms with Gasteiger partial charge in [-0.1, -0.05) is 127 Å². The maximum absolute atomic E-state index is 12.5. The second-order valence-corrected chi connectivity index (χ2v) is 10.0. The van der Waals surface area contributed by atoms with Crippen molar-refractivity contribution in [2.24, 2.45) is 0 Å². The molecule has 0 unspecified atom stereocenters. The molecular weight excluding hydrogens is 458 g/mol. The normalized spacial score (nSPS) is 10.7. The molecule has 0 spiro atoms. The summed E-state index contributed by atoms with van der Waals surface area (Å²) in [6.45, 7) is 3.68. The lowest BCUT2D eigenvalue weighted by Crippen LogP contribution is -2.30. The molecule has 0 atom stereocenters. The van der Waals surface area contributed by atoms with Crippen molar-refractivity contribution < 1.29 is 9.59 Å². The van der Waals surface area contributed by atoms with E-state index in [0.29, 0.717) is 12.1 Å². The highest BCUT2D eigenvalue weighted by Crippen LogP contribution is 2.13. The standard InChI is InChI=1S/C32H49N3O2/c1-2-3-4-5-6-7-8-9-10-11-12-13-14-18-24-33-31(36)27-34-30-23-19-22-29(25-30)32(37)35-26-28-20-16-15-17-21-28/h15-17,19-23,25,34H,2-14,18,24,26-27H2,1H3,(H,33,36)(H,35,37). The highest BCUT2D eigenvalue weighted by atomic mass is 16.2. The number of hydrogen-bond acceptors (Lipinski definition) is 3. The second-order valence-electron chi connectivity index (χ2n) is 10.0. The molecule has 2 amide bonds. The largest absolute Gasteiger partial charge is 0.376 e. The van der Waals surface area contributed by atoms with Crippen LogP contribution in [0.3, 0.4) is 0 Å². The Hall–Kier alpha value is -2.82. The molecule has 0 aliphatic heterocycles. The fourth-order valence-electron chi connectivity index (χ4n) is 4.44. The topological polar surface area (TPSA) is 70.2 Å². The fraction of sp³-hybridized carbons (Fsp3) is 0.562. The van der Waals surface area contributed by atoms with Gasteiger partial charge in [-0.25, -0.2) is 0 Å². The number of unbranched alkanes of at least 4 members (excludes halogenated alkanes) is 13. The predicted octanol–water partition coefficient (Wildman–Crippen LogP) is 7.63. The van der Waals surface area contributed by atoms with E-state index in [4.69, 9.17) is 0 Å². The number of rotatable bonds is 21. The van der Waals surface area contributed by atoms with Crippen LogP contribution in [0.1, 0.15) is 113 Å². The van der Waals surface area contributed by atoms with Gasteiger partial charge in [-0.3, -0.25) is 9.59 Å². The first-order chi connectivity index (χ1) is 18.2. The van der Waals surface area contributed by atoms with Gasteiger partial charge in [-0.05, 0) is 30.2 Å². The average Bonchev–Trinajstić information content (AvgIpc) is 2.93. The lowest BCUT2D eigenvalue weighted by atomic mass is 10.0. The van der Waals surface area contributed by atoms with Crippen molar-refractivity contribution >= 4 is 17.5 Å². The van der Waals surface area contributed by atoms with Crippen molar-refractivity contribution in [2.45, 2.75) is 103 Å². The number of hydrogen-bond donors (Lipinski definition) is 3. The zero-order valence-corrected chi connectivity index (χ0v) is 23.0. The number of benzene rings is 2. The van der Waals surface area contributed by atoms with Crippen LogP contribution in [0.4, 0.5) is 5.69 Å². The molecule has 5 heteroatoms. The Kier molecular flexibility index (Phi) is 16.6. The monoisotopic (exact) mass is 507 g/mol. The van der Waals surface area contributed by atoms with Gasteiger partial charge in [-0.2, -0.15) is 0 Å². The molecule has 0 bridgehead atoms. The average molecular weight is 508 g/mol. The van der Waals surface area contributed by atoms with Crippen molar-refractivity contribution in [1.29, 1.82) is 0 Å². The van der Waals surface area contributed by atoms with E-state index in [-0.39, 0.29) is 18.4 Å². The zero-order valence-electron chi connectivity index (χ0n) is 23.0. The maximum Gasteiger partial charge on any atom is 0.251 e. The lowest BCUT2D eigenvalue weighted by Gasteiger charge is -2.10. The zero-order chi connectivity index (χ0) is 26.4. The molecule has 0 heterocycles. The first-order valence-corrected chi connectivity index (χ1v) is 14.6. The van der Waals surface area contributed by atoms with E-state index in [0.717, 1.165) is 24.2 Å². The number of carbonyl (C=O) groups excluding carboxylic acids is 2. The molecule has 2 aromatic carbocycles. The molecule has 2 rings (SSSR count). The molecule has 0 saturated carbocycles. The molecule has 0 aromatic heterocycles. The van der Waals surface area contributed by atoms with E-state index in [1.54, 1.807) is 12.1 Å². The Labute approximate surface area is 225 Å². The minimum absolute atomic E-state index is 0.0198. The van der Waals surface area contributed by atoms with Crippen LogP contribution in [0.2, 0.25) is 0 Å². The molecule has 0 fully saturated rings. The third-order valence-electron chi connectivity index (χ3n) is 6.73. The van der Waals surface area contributed by atoms with Gasteiger partial charge in [0.15, 0.2) is 0 Å². The summed E-state index contributed by atoms with van der Waals surface area (Å²) in [4.78, 5) is 24.6. The smallest absolute Gasteiger partial charge is 0.251 e. The summed E-state index contributed by atoms with van der Waals surface area (Å²) in [5, 5.41) is 9.05. The molecule has 3 N–H and O–H groups in total. The van der Waals surface area contributed by atoms with Crippen LogP contribution in [0.25, 0.3) is 0 Å². The van der Waals surface area contributed by atoms with Crippen LogP contribution in [-0.2, 0) is 11.3 Å². The fourth-order valence-corrected chi connectivity index (χ4v) is 4.44. The van der Waals surface area contributed by atoms with Crippen molar-refractivity contribution in [1.82, 2.24) is 10.6 Å². The number of carbonyl (C=O) groups is 2. The van der Waals surface area contributed by atoms with Crippen LogP contribution in [0, 0.1) is 0 Å². The van der Waals surface area contributed by atoms with Gasteiger partial charge in [0, 0.05) is 24.3 Å². The van der Waals surface area contributed by atoms with E-state index in [1.807, 2.05) is 42.5 Å². The summed E-state index contributed by atoms with van der Waals surface area (Å²) in [5.74, 6) is -0.150. The summed E-state index contributed by atoms with van der Waals surface area (Å²) in [6.07, 6.45) is 18.6. The third-order valence-corrected chi connectivity index (χ3v) is 6.73. The first-order valence-electron chi connectivity index (χ1n) is 14.6. The number of amides is 2. The molecule has 37 heavy (non-hydrogen) atoms. The van der Waals surface area contributed by atoms with Crippen molar-refractivity contribution in [3.8, 4) is 0 Å².